The van der Waals surface area contributed by atoms with Crippen LogP contribution in [0.2, 0.25) is 0 Å². The minimum absolute atomic E-state index is 0.0767. The molecule has 8 nitrogen and oxygen atoms in total. The van der Waals surface area contributed by atoms with E-state index in [1.165, 1.54) is 6.07 Å². The third-order valence-corrected chi connectivity index (χ3v) is 6.63. The van der Waals surface area contributed by atoms with Crippen LogP contribution in [0.25, 0.3) is 0 Å². The molecule has 38 heavy (non-hydrogen) atoms. The second-order valence-electron chi connectivity index (χ2n) is 10.8. The number of halogens is 2. The van der Waals surface area contributed by atoms with Crippen LogP contribution in [-0.2, 0) is 11.4 Å². The van der Waals surface area contributed by atoms with Gasteiger partial charge in [0.05, 0.1) is 28.7 Å². The maximum absolute atomic E-state index is 13.9. The van der Waals surface area contributed by atoms with Crippen LogP contribution in [0.3, 0.4) is 0 Å². The van der Waals surface area contributed by atoms with Gasteiger partial charge in [0.1, 0.15) is 18.4 Å². The molecule has 1 aromatic carbocycles. The standard InChI is InChI=1S/C28H28F2N6O2/c1-27(2,37)18-38-34-26(21-4-5-23(29)24(30)8-21)25-6-3-19(11-33-25)13-35-14-28(15-35)16-36(17-28)22-7-20(9-31)10-32-12-22/h3-8,10-12,37H,13-18H2,1-2H3/b34-26+. The maximum Gasteiger partial charge on any atom is 0.159 e. The lowest BCUT2D eigenvalue weighted by Crippen LogP contribution is -2.72. The number of pyridine rings is 2. The van der Waals surface area contributed by atoms with Crippen molar-refractivity contribution in [1.82, 2.24) is 14.9 Å². The van der Waals surface area contributed by atoms with Crippen LogP contribution >= 0.6 is 0 Å². The second kappa shape index (κ2) is 10.1. The van der Waals surface area contributed by atoms with Crippen molar-refractivity contribution < 1.29 is 18.7 Å². The van der Waals surface area contributed by atoms with Gasteiger partial charge in [0.15, 0.2) is 11.6 Å². The van der Waals surface area contributed by atoms with E-state index in [9.17, 15) is 13.9 Å². The average molecular weight is 519 g/mol. The van der Waals surface area contributed by atoms with E-state index in [-0.39, 0.29) is 17.7 Å². The van der Waals surface area contributed by atoms with Crippen LogP contribution in [0.4, 0.5) is 14.5 Å². The summed E-state index contributed by atoms with van der Waals surface area (Å²) in [6.45, 7) is 7.66. The quantitative estimate of drug-likeness (QED) is 0.360. The van der Waals surface area contributed by atoms with E-state index in [4.69, 9.17) is 10.1 Å². The largest absolute Gasteiger partial charge is 0.392 e. The number of aliphatic hydroxyl groups is 1. The van der Waals surface area contributed by atoms with Gasteiger partial charge in [0.2, 0.25) is 0 Å². The summed E-state index contributed by atoms with van der Waals surface area (Å²) in [5.41, 5.74) is 2.73. The Balaban J connectivity index is 1.21. The smallest absolute Gasteiger partial charge is 0.159 e. The van der Waals surface area contributed by atoms with Gasteiger partial charge in [-0.3, -0.25) is 14.9 Å². The number of anilines is 1. The van der Waals surface area contributed by atoms with Crippen LogP contribution < -0.4 is 4.90 Å². The monoisotopic (exact) mass is 518 g/mol. The first kappa shape index (κ1) is 25.7. The summed E-state index contributed by atoms with van der Waals surface area (Å²) in [7, 11) is 0. The van der Waals surface area contributed by atoms with Gasteiger partial charge in [0, 0.05) is 56.1 Å². The van der Waals surface area contributed by atoms with E-state index in [1.54, 1.807) is 38.5 Å². The highest BCUT2D eigenvalue weighted by Crippen LogP contribution is 2.42. The zero-order valence-corrected chi connectivity index (χ0v) is 21.2. The van der Waals surface area contributed by atoms with Crippen molar-refractivity contribution in [3.05, 3.63) is 89.0 Å². The van der Waals surface area contributed by atoms with E-state index in [2.05, 4.69) is 31.0 Å². The van der Waals surface area contributed by atoms with Crippen molar-refractivity contribution in [3.63, 3.8) is 0 Å². The highest BCUT2D eigenvalue weighted by Gasteiger charge is 2.51. The highest BCUT2D eigenvalue weighted by atomic mass is 19.2. The first-order valence-corrected chi connectivity index (χ1v) is 12.3. The van der Waals surface area contributed by atoms with Crippen LogP contribution in [0.15, 0.2) is 60.1 Å². The molecule has 2 aliphatic rings. The molecule has 1 N–H and O–H groups in total. The molecule has 2 saturated heterocycles. The average Bonchev–Trinajstić information content (AvgIpc) is 2.84. The summed E-state index contributed by atoms with van der Waals surface area (Å²) in [6, 6.07) is 11.2. The van der Waals surface area contributed by atoms with Crippen molar-refractivity contribution in [3.8, 4) is 6.07 Å². The van der Waals surface area contributed by atoms with Gasteiger partial charge in [-0.2, -0.15) is 5.26 Å². The molecular weight excluding hydrogens is 490 g/mol. The number of likely N-dealkylation sites (tertiary alicyclic amines) is 1. The lowest BCUT2D eigenvalue weighted by atomic mass is 9.72. The lowest BCUT2D eigenvalue weighted by Gasteiger charge is -2.61. The van der Waals surface area contributed by atoms with Gasteiger partial charge in [-0.05, 0) is 49.7 Å². The Morgan fingerprint density at radius 3 is 2.55 bits per heavy atom. The number of nitriles is 1. The number of nitrogens with zero attached hydrogens (tertiary/aromatic N) is 6. The number of oxime groups is 1. The van der Waals surface area contributed by atoms with Gasteiger partial charge in [-0.15, -0.1) is 0 Å². The number of rotatable bonds is 8. The summed E-state index contributed by atoms with van der Waals surface area (Å²) < 4.78 is 27.4. The number of aromatic nitrogens is 2. The van der Waals surface area contributed by atoms with Crippen molar-refractivity contribution >= 4 is 11.4 Å². The molecule has 0 amide bonds. The van der Waals surface area contributed by atoms with Gasteiger partial charge < -0.3 is 14.8 Å². The van der Waals surface area contributed by atoms with Crippen molar-refractivity contribution in [2.45, 2.75) is 26.0 Å². The van der Waals surface area contributed by atoms with E-state index in [1.807, 2.05) is 12.1 Å². The molecule has 5 rings (SSSR count). The van der Waals surface area contributed by atoms with Crippen LogP contribution in [0.1, 0.15) is 36.2 Å². The van der Waals surface area contributed by atoms with Gasteiger partial charge in [0.25, 0.3) is 0 Å². The molecule has 2 fully saturated rings. The third kappa shape index (κ3) is 5.64. The van der Waals surface area contributed by atoms with Crippen molar-refractivity contribution in [2.75, 3.05) is 37.7 Å². The van der Waals surface area contributed by atoms with Gasteiger partial charge >= 0.3 is 0 Å². The molecule has 4 heterocycles. The molecular formula is C28H28F2N6O2. The fraction of sp³-hybridized carbons (Fsp3) is 0.357. The predicted molar refractivity (Wildman–Crippen MR) is 137 cm³/mol. The topological polar surface area (TPSA) is 97.9 Å². The van der Waals surface area contributed by atoms with Crippen molar-refractivity contribution in [1.29, 1.82) is 5.26 Å². The van der Waals surface area contributed by atoms with E-state index >= 15 is 0 Å². The lowest BCUT2D eigenvalue weighted by molar-refractivity contribution is -0.0274. The fourth-order valence-electron chi connectivity index (χ4n) is 4.88. The molecule has 2 aromatic heterocycles. The molecule has 0 radical (unpaired) electrons. The molecule has 10 heteroatoms. The molecule has 0 bridgehead atoms. The summed E-state index contributed by atoms with van der Waals surface area (Å²) >= 11 is 0. The summed E-state index contributed by atoms with van der Waals surface area (Å²) in [6.07, 6.45) is 5.11. The molecule has 2 aliphatic heterocycles. The summed E-state index contributed by atoms with van der Waals surface area (Å²) in [5.74, 6) is -1.95. The van der Waals surface area contributed by atoms with Crippen molar-refractivity contribution in [2.24, 2.45) is 10.6 Å². The molecule has 1 spiro atoms. The Labute approximate surface area is 219 Å². The summed E-state index contributed by atoms with van der Waals surface area (Å²) in [5, 5.41) is 23.1. The number of hydrogen-bond acceptors (Lipinski definition) is 8. The van der Waals surface area contributed by atoms with Crippen LogP contribution in [0.5, 0.6) is 0 Å². The normalized spacial score (nSPS) is 17.1. The van der Waals surface area contributed by atoms with E-state index in [0.29, 0.717) is 16.8 Å². The Kier molecular flexibility index (Phi) is 6.82. The van der Waals surface area contributed by atoms with Gasteiger partial charge in [-0.1, -0.05) is 11.2 Å². The molecule has 0 unspecified atom stereocenters. The predicted octanol–water partition coefficient (Wildman–Crippen LogP) is 3.49. The molecule has 0 saturated carbocycles. The van der Waals surface area contributed by atoms with E-state index in [0.717, 1.165) is 56.1 Å². The highest BCUT2D eigenvalue weighted by molar-refractivity contribution is 6.11. The molecule has 3 aromatic rings. The number of hydrogen-bond donors (Lipinski definition) is 1. The number of benzene rings is 1. The first-order chi connectivity index (χ1) is 18.1. The zero-order valence-electron chi connectivity index (χ0n) is 21.2. The van der Waals surface area contributed by atoms with Gasteiger partial charge in [-0.25, -0.2) is 8.78 Å². The minimum atomic E-state index is -1.11. The minimum Gasteiger partial charge on any atom is -0.392 e. The fourth-order valence-corrected chi connectivity index (χ4v) is 4.88. The van der Waals surface area contributed by atoms with E-state index < -0.39 is 17.2 Å². The summed E-state index contributed by atoms with van der Waals surface area (Å²) in [4.78, 5) is 18.6. The maximum atomic E-state index is 13.9. The second-order valence-corrected chi connectivity index (χ2v) is 10.8. The Bertz CT molecular complexity index is 1380. The molecule has 0 atom stereocenters. The first-order valence-electron chi connectivity index (χ1n) is 12.3. The molecule has 196 valence electrons. The third-order valence-electron chi connectivity index (χ3n) is 6.63. The Morgan fingerprint density at radius 2 is 1.89 bits per heavy atom. The Morgan fingerprint density at radius 1 is 1.11 bits per heavy atom. The van der Waals surface area contributed by atoms with Crippen LogP contribution in [0, 0.1) is 28.4 Å². The Hall–Kier alpha value is -3.94. The van der Waals surface area contributed by atoms with Crippen LogP contribution in [-0.4, -0.2) is 64.1 Å². The zero-order chi connectivity index (χ0) is 26.9. The molecule has 0 aliphatic carbocycles. The SMILES string of the molecule is CC(C)(O)CO/N=C(\c1ccc(F)c(F)c1)c1ccc(CN2CC3(C2)CN(c2cncc(C#N)c2)C3)cn1.